The van der Waals surface area contributed by atoms with E-state index in [1.165, 1.54) is 20.9 Å². The van der Waals surface area contributed by atoms with Crippen molar-refractivity contribution in [1.29, 1.82) is 0 Å². The quantitative estimate of drug-likeness (QED) is 0.320. The molecule has 0 fully saturated rings. The molecule has 0 radical (unpaired) electrons. The highest BCUT2D eigenvalue weighted by Gasteiger charge is 2.15. The highest BCUT2D eigenvalue weighted by molar-refractivity contribution is 7.16. The topological polar surface area (TPSA) is 92.3 Å². The first-order chi connectivity index (χ1) is 16.9. The van der Waals surface area contributed by atoms with Crippen molar-refractivity contribution in [2.24, 2.45) is 4.99 Å². The van der Waals surface area contributed by atoms with Crippen LogP contribution in [0.1, 0.15) is 63.1 Å². The van der Waals surface area contributed by atoms with E-state index in [9.17, 15) is 0 Å². The van der Waals surface area contributed by atoms with E-state index in [0.717, 1.165) is 36.3 Å². The third-order valence-electron chi connectivity index (χ3n) is 5.47. The molecule has 3 rings (SSSR count). The van der Waals surface area contributed by atoms with Crippen LogP contribution in [0.2, 0.25) is 0 Å². The van der Waals surface area contributed by atoms with E-state index in [-0.39, 0.29) is 5.95 Å². The van der Waals surface area contributed by atoms with E-state index in [1.54, 1.807) is 18.4 Å². The number of benzene rings is 1. The lowest BCUT2D eigenvalue weighted by Crippen LogP contribution is -2.25. The van der Waals surface area contributed by atoms with Crippen molar-refractivity contribution in [1.82, 2.24) is 15.0 Å². The normalized spacial score (nSPS) is 11.1. The van der Waals surface area contributed by atoms with E-state index in [1.807, 2.05) is 25.0 Å². The predicted octanol–water partition coefficient (Wildman–Crippen LogP) is 6.75. The zero-order valence-electron chi connectivity index (χ0n) is 22.3. The molecule has 0 aliphatic heterocycles. The number of hydrogen-bond acceptors (Lipinski definition) is 8. The van der Waals surface area contributed by atoms with Crippen LogP contribution in [0.3, 0.4) is 0 Å². The molecular formula is C27H39N7S. The van der Waals surface area contributed by atoms with Gasteiger partial charge in [-0.2, -0.15) is 15.0 Å². The van der Waals surface area contributed by atoms with Gasteiger partial charge >= 0.3 is 0 Å². The van der Waals surface area contributed by atoms with Gasteiger partial charge in [0.05, 0.1) is 0 Å². The second-order valence-corrected chi connectivity index (χ2v) is 8.68. The molecule has 1 aromatic carbocycles. The van der Waals surface area contributed by atoms with Crippen molar-refractivity contribution in [2.45, 2.75) is 54.9 Å². The number of aryl methyl sites for hydroxylation is 1. The Balaban J connectivity index is 0.00000210. The molecule has 3 N–H and O–H groups in total. The minimum absolute atomic E-state index is 0.193. The Bertz CT molecular complexity index is 1160. The Morgan fingerprint density at radius 1 is 1.09 bits per heavy atom. The molecule has 35 heavy (non-hydrogen) atoms. The van der Waals surface area contributed by atoms with E-state index >= 15 is 0 Å². The number of allylic oxidation sites excluding steroid dienone is 1. The average molecular weight is 494 g/mol. The molecule has 2 heterocycles. The van der Waals surface area contributed by atoms with Crippen molar-refractivity contribution < 1.29 is 0 Å². The van der Waals surface area contributed by atoms with Crippen LogP contribution in [-0.4, -0.2) is 41.3 Å². The van der Waals surface area contributed by atoms with Crippen LogP contribution in [0.4, 0.5) is 23.5 Å². The number of nitrogens with one attached hydrogen (secondary N) is 1. The van der Waals surface area contributed by atoms with E-state index in [2.05, 4.69) is 90.2 Å². The summed E-state index contributed by atoms with van der Waals surface area (Å²) >= 11 is 1.81. The summed E-state index contributed by atoms with van der Waals surface area (Å²) in [5.41, 5.74) is 11.6. The lowest BCUT2D eigenvalue weighted by atomic mass is 9.99. The Morgan fingerprint density at radius 2 is 1.80 bits per heavy atom. The number of nitrogen functional groups attached to an aromatic ring is 1. The first kappa shape index (κ1) is 28.0. The largest absolute Gasteiger partial charge is 0.368 e. The van der Waals surface area contributed by atoms with Crippen molar-refractivity contribution in [3.05, 3.63) is 45.8 Å². The van der Waals surface area contributed by atoms with Crippen LogP contribution in [-0.2, 0) is 6.42 Å². The maximum Gasteiger partial charge on any atom is 0.233 e. The lowest BCUT2D eigenvalue weighted by molar-refractivity contribution is 0.816. The number of aliphatic imine (C=N–C) groups is 1. The monoisotopic (exact) mass is 493 g/mol. The SMILES string of the molecule is C/C=C\c1sc(-c2cc(Nc3nc(N)nc(N(CC)CC)n3)cc(C=NC)c2C)cc1CC.CC. The van der Waals surface area contributed by atoms with Crippen LogP contribution >= 0.6 is 11.3 Å². The van der Waals surface area contributed by atoms with Crippen LogP contribution in [0, 0.1) is 6.92 Å². The molecular weight excluding hydrogens is 454 g/mol. The van der Waals surface area contributed by atoms with Crippen LogP contribution < -0.4 is 16.0 Å². The fraction of sp³-hybridized carbons (Fsp3) is 0.407. The maximum absolute atomic E-state index is 5.99. The summed E-state index contributed by atoms with van der Waals surface area (Å²) < 4.78 is 0. The summed E-state index contributed by atoms with van der Waals surface area (Å²) in [5.74, 6) is 1.19. The molecule has 8 heteroatoms. The standard InChI is InChI=1S/C25H33N7S.C2H6/c1-7-11-21-17(8-2)13-22(33-21)20-14-19(12-18(15-27-6)16(20)5)28-24-29-23(26)30-25(31-24)32(9-3)10-4;1-2/h7,11-15H,8-10H2,1-6H3,(H3,26,28,29,30,31);1-2H3/b11-7-,27-15?;. The Hall–Kier alpha value is -3.26. The number of aromatic nitrogens is 3. The first-order valence-corrected chi connectivity index (χ1v) is 13.1. The van der Waals surface area contributed by atoms with Gasteiger partial charge in [-0.3, -0.25) is 4.99 Å². The van der Waals surface area contributed by atoms with Gasteiger partial charge in [0.25, 0.3) is 0 Å². The molecule has 7 nitrogen and oxygen atoms in total. The number of nitrogens with zero attached hydrogens (tertiary/aromatic N) is 5. The summed E-state index contributed by atoms with van der Waals surface area (Å²) in [7, 11) is 1.78. The van der Waals surface area contributed by atoms with Gasteiger partial charge < -0.3 is 16.0 Å². The molecule has 0 amide bonds. The fourth-order valence-corrected chi connectivity index (χ4v) is 4.99. The van der Waals surface area contributed by atoms with Gasteiger partial charge in [0, 0.05) is 41.8 Å². The molecule has 2 aromatic heterocycles. The molecule has 0 atom stereocenters. The van der Waals surface area contributed by atoms with E-state index in [0.29, 0.717) is 11.9 Å². The summed E-state index contributed by atoms with van der Waals surface area (Å²) in [6.07, 6.45) is 7.15. The molecule has 0 aliphatic rings. The van der Waals surface area contributed by atoms with E-state index < -0.39 is 0 Å². The molecule has 0 saturated heterocycles. The Morgan fingerprint density at radius 3 is 2.40 bits per heavy atom. The van der Waals surface area contributed by atoms with Gasteiger partial charge in [-0.1, -0.05) is 26.8 Å². The van der Waals surface area contributed by atoms with Crippen molar-refractivity contribution in [3.63, 3.8) is 0 Å². The third kappa shape index (κ3) is 6.88. The molecule has 0 saturated carbocycles. The Kier molecular flexibility index (Phi) is 10.9. The van der Waals surface area contributed by atoms with Gasteiger partial charge in [-0.05, 0) is 80.6 Å². The summed E-state index contributed by atoms with van der Waals surface area (Å²) in [5, 5.41) is 3.35. The molecule has 0 aliphatic carbocycles. The van der Waals surface area contributed by atoms with Crippen molar-refractivity contribution in [2.75, 3.05) is 36.1 Å². The minimum Gasteiger partial charge on any atom is -0.368 e. The third-order valence-corrected chi connectivity index (χ3v) is 6.64. The number of hydrogen-bond donors (Lipinski definition) is 2. The highest BCUT2D eigenvalue weighted by Crippen LogP contribution is 2.37. The predicted molar refractivity (Wildman–Crippen MR) is 155 cm³/mol. The Labute approximate surface area is 214 Å². The zero-order valence-corrected chi connectivity index (χ0v) is 23.1. The fourth-order valence-electron chi connectivity index (χ4n) is 3.70. The minimum atomic E-state index is 0.193. The van der Waals surface area contributed by atoms with E-state index in [4.69, 9.17) is 5.73 Å². The van der Waals surface area contributed by atoms with Gasteiger partial charge in [0.1, 0.15) is 0 Å². The van der Waals surface area contributed by atoms with Crippen molar-refractivity contribution >= 4 is 47.2 Å². The zero-order chi connectivity index (χ0) is 26.0. The van der Waals surface area contributed by atoms with Crippen LogP contribution in [0.25, 0.3) is 16.5 Å². The summed E-state index contributed by atoms with van der Waals surface area (Å²) in [6.45, 7) is 16.1. The van der Waals surface area contributed by atoms with Gasteiger partial charge in [-0.25, -0.2) is 0 Å². The molecule has 0 spiro atoms. The summed E-state index contributed by atoms with van der Waals surface area (Å²) in [6, 6.07) is 6.49. The number of nitrogens with two attached hydrogens (primary N) is 1. The number of anilines is 4. The van der Waals surface area contributed by atoms with Crippen LogP contribution in [0.5, 0.6) is 0 Å². The smallest absolute Gasteiger partial charge is 0.233 e. The van der Waals surface area contributed by atoms with Crippen molar-refractivity contribution in [3.8, 4) is 10.4 Å². The average Bonchev–Trinajstić information content (AvgIpc) is 3.26. The molecule has 0 bridgehead atoms. The van der Waals surface area contributed by atoms with Gasteiger partial charge in [-0.15, -0.1) is 11.3 Å². The van der Waals surface area contributed by atoms with Gasteiger partial charge in [0.15, 0.2) is 0 Å². The molecule has 0 unspecified atom stereocenters. The van der Waals surface area contributed by atoms with Crippen LogP contribution in [0.15, 0.2) is 29.3 Å². The highest BCUT2D eigenvalue weighted by atomic mass is 32.1. The maximum atomic E-state index is 5.99. The summed E-state index contributed by atoms with van der Waals surface area (Å²) in [4.78, 5) is 22.0. The second-order valence-electron chi connectivity index (χ2n) is 7.59. The first-order valence-electron chi connectivity index (χ1n) is 12.3. The second kappa shape index (κ2) is 13.6. The molecule has 3 aromatic rings. The number of thiophene rings is 1. The number of rotatable bonds is 9. The lowest BCUT2D eigenvalue weighted by Gasteiger charge is -2.19. The van der Waals surface area contributed by atoms with Gasteiger partial charge in [0.2, 0.25) is 17.8 Å². The molecule has 188 valence electrons.